The maximum Gasteiger partial charge on any atom is 0.407 e. The molecule has 0 spiro atoms. The SMILES string of the molecule is CC(C)(C)OOC(C)(CCCOC(=O)NCCN)OOC(C)(C)C. The molecule has 1 amide bonds. The molecular formula is C16H34N2O6. The highest BCUT2D eigenvalue weighted by molar-refractivity contribution is 5.66. The van der Waals surface area contributed by atoms with Gasteiger partial charge in [0.15, 0.2) is 0 Å². The van der Waals surface area contributed by atoms with E-state index in [1.54, 1.807) is 6.92 Å². The summed E-state index contributed by atoms with van der Waals surface area (Å²) < 4.78 is 5.03. The van der Waals surface area contributed by atoms with Crippen LogP contribution in [-0.4, -0.2) is 42.8 Å². The van der Waals surface area contributed by atoms with Gasteiger partial charge in [-0.3, -0.25) is 0 Å². The fourth-order valence-corrected chi connectivity index (χ4v) is 1.31. The maximum atomic E-state index is 11.3. The Morgan fingerprint density at radius 1 is 0.917 bits per heavy atom. The average Bonchev–Trinajstić information content (AvgIpc) is 2.44. The normalized spacial score (nSPS) is 13.0. The number of nitrogens with one attached hydrogen (secondary N) is 1. The van der Waals surface area contributed by atoms with Crippen LogP contribution in [0, 0.1) is 0 Å². The molecule has 0 aliphatic carbocycles. The third-order valence-corrected chi connectivity index (χ3v) is 2.36. The Hall–Kier alpha value is -0.930. The Balaban J connectivity index is 4.40. The van der Waals surface area contributed by atoms with Crippen LogP contribution in [-0.2, 0) is 24.3 Å². The molecule has 0 aromatic rings. The summed E-state index contributed by atoms with van der Waals surface area (Å²) in [5.41, 5.74) is 4.30. The molecule has 0 aromatic carbocycles. The molecular weight excluding hydrogens is 316 g/mol. The number of carbonyl (C=O) groups excluding carboxylic acids is 1. The summed E-state index contributed by atoms with van der Waals surface area (Å²) in [7, 11) is 0. The van der Waals surface area contributed by atoms with E-state index in [9.17, 15) is 4.79 Å². The molecule has 3 N–H and O–H groups in total. The lowest BCUT2D eigenvalue weighted by Gasteiger charge is -2.32. The predicted octanol–water partition coefficient (Wildman–Crippen LogP) is 2.66. The first-order valence-corrected chi connectivity index (χ1v) is 8.21. The van der Waals surface area contributed by atoms with Crippen LogP contribution in [0.3, 0.4) is 0 Å². The number of ether oxygens (including phenoxy) is 1. The first-order chi connectivity index (χ1) is 10.9. The second-order valence-corrected chi connectivity index (χ2v) is 7.65. The minimum absolute atomic E-state index is 0.212. The van der Waals surface area contributed by atoms with E-state index in [1.807, 2.05) is 41.5 Å². The van der Waals surface area contributed by atoms with Crippen molar-refractivity contribution < 1.29 is 29.1 Å². The zero-order valence-electron chi connectivity index (χ0n) is 16.1. The van der Waals surface area contributed by atoms with E-state index in [0.717, 1.165) is 0 Å². The van der Waals surface area contributed by atoms with E-state index in [4.69, 9.17) is 30.0 Å². The van der Waals surface area contributed by atoms with Crippen molar-refractivity contribution in [3.05, 3.63) is 0 Å². The molecule has 0 aromatic heterocycles. The molecule has 0 radical (unpaired) electrons. The minimum Gasteiger partial charge on any atom is -0.450 e. The van der Waals surface area contributed by atoms with Gasteiger partial charge in [-0.2, -0.15) is 9.78 Å². The van der Waals surface area contributed by atoms with Crippen molar-refractivity contribution in [1.82, 2.24) is 5.32 Å². The van der Waals surface area contributed by atoms with Crippen LogP contribution in [0.4, 0.5) is 4.79 Å². The van der Waals surface area contributed by atoms with Gasteiger partial charge in [0.05, 0.1) is 17.8 Å². The number of rotatable bonds is 10. The predicted molar refractivity (Wildman–Crippen MR) is 89.9 cm³/mol. The van der Waals surface area contributed by atoms with Gasteiger partial charge in [-0.15, -0.1) is 0 Å². The van der Waals surface area contributed by atoms with Crippen molar-refractivity contribution in [2.75, 3.05) is 19.7 Å². The Labute approximate surface area is 145 Å². The lowest BCUT2D eigenvalue weighted by Crippen LogP contribution is -2.39. The Bertz CT molecular complexity index is 345. The second-order valence-electron chi connectivity index (χ2n) is 7.65. The first kappa shape index (κ1) is 23.1. The van der Waals surface area contributed by atoms with Crippen LogP contribution < -0.4 is 11.1 Å². The molecule has 144 valence electrons. The molecule has 8 nitrogen and oxygen atoms in total. The van der Waals surface area contributed by atoms with Crippen molar-refractivity contribution in [2.45, 2.75) is 78.3 Å². The highest BCUT2D eigenvalue weighted by atomic mass is 17.3. The quantitative estimate of drug-likeness (QED) is 0.270. The smallest absolute Gasteiger partial charge is 0.407 e. The van der Waals surface area contributed by atoms with Gasteiger partial charge in [0.1, 0.15) is 0 Å². The summed E-state index contributed by atoms with van der Waals surface area (Å²) in [6.45, 7) is 13.8. The summed E-state index contributed by atoms with van der Waals surface area (Å²) in [6.07, 6.45) is 0.414. The van der Waals surface area contributed by atoms with Gasteiger partial charge in [0.2, 0.25) is 5.79 Å². The van der Waals surface area contributed by atoms with Crippen LogP contribution in [0.15, 0.2) is 0 Å². The summed E-state index contributed by atoms with van der Waals surface area (Å²) >= 11 is 0. The number of carbonyl (C=O) groups is 1. The van der Waals surface area contributed by atoms with Crippen molar-refractivity contribution in [3.63, 3.8) is 0 Å². The van der Waals surface area contributed by atoms with Crippen molar-refractivity contribution in [2.24, 2.45) is 5.73 Å². The van der Waals surface area contributed by atoms with Gasteiger partial charge in [-0.25, -0.2) is 14.6 Å². The number of amides is 1. The Morgan fingerprint density at radius 3 is 1.83 bits per heavy atom. The Morgan fingerprint density at radius 2 is 1.42 bits per heavy atom. The molecule has 0 rings (SSSR count). The number of hydrogen-bond donors (Lipinski definition) is 2. The van der Waals surface area contributed by atoms with E-state index >= 15 is 0 Å². The monoisotopic (exact) mass is 350 g/mol. The van der Waals surface area contributed by atoms with Crippen LogP contribution in [0.2, 0.25) is 0 Å². The summed E-state index contributed by atoms with van der Waals surface area (Å²) in [6, 6.07) is 0. The van der Waals surface area contributed by atoms with Gasteiger partial charge in [-0.1, -0.05) is 0 Å². The van der Waals surface area contributed by atoms with E-state index in [2.05, 4.69) is 5.32 Å². The van der Waals surface area contributed by atoms with E-state index in [-0.39, 0.29) is 6.61 Å². The zero-order chi connectivity index (χ0) is 18.9. The van der Waals surface area contributed by atoms with E-state index in [1.165, 1.54) is 0 Å². The molecule has 0 bridgehead atoms. The van der Waals surface area contributed by atoms with Gasteiger partial charge in [0, 0.05) is 19.5 Å². The van der Waals surface area contributed by atoms with Crippen LogP contribution in [0.25, 0.3) is 0 Å². The fourth-order valence-electron chi connectivity index (χ4n) is 1.31. The molecule has 0 saturated heterocycles. The topological polar surface area (TPSA) is 101 Å². The third-order valence-electron chi connectivity index (χ3n) is 2.36. The van der Waals surface area contributed by atoms with Gasteiger partial charge >= 0.3 is 6.09 Å². The highest BCUT2D eigenvalue weighted by Gasteiger charge is 2.33. The van der Waals surface area contributed by atoms with Gasteiger partial charge < -0.3 is 15.8 Å². The van der Waals surface area contributed by atoms with Gasteiger partial charge in [0.25, 0.3) is 0 Å². The van der Waals surface area contributed by atoms with E-state index in [0.29, 0.717) is 25.9 Å². The lowest BCUT2D eigenvalue weighted by molar-refractivity contribution is -0.537. The molecule has 0 fully saturated rings. The average molecular weight is 350 g/mol. The largest absolute Gasteiger partial charge is 0.450 e. The molecule has 0 aliphatic rings. The fraction of sp³-hybridized carbons (Fsp3) is 0.938. The molecule has 8 heteroatoms. The highest BCUT2D eigenvalue weighted by Crippen LogP contribution is 2.25. The first-order valence-electron chi connectivity index (χ1n) is 8.21. The summed E-state index contributed by atoms with van der Waals surface area (Å²) in [5.74, 6) is -1.13. The molecule has 0 heterocycles. The van der Waals surface area contributed by atoms with E-state index < -0.39 is 23.1 Å². The standard InChI is InChI=1S/C16H34N2O6/c1-14(2,3)21-23-16(7,24-22-15(4,5)6)9-8-12-20-13(19)18-11-10-17/h8-12,17H2,1-7H3,(H,18,19). The minimum atomic E-state index is -1.13. The molecule has 0 saturated carbocycles. The van der Waals surface area contributed by atoms with Crippen LogP contribution in [0.1, 0.15) is 61.3 Å². The van der Waals surface area contributed by atoms with Crippen LogP contribution in [0.5, 0.6) is 0 Å². The van der Waals surface area contributed by atoms with Gasteiger partial charge in [-0.05, 0) is 54.9 Å². The number of alkyl carbamates (subject to hydrolysis) is 1. The zero-order valence-corrected chi connectivity index (χ0v) is 16.1. The molecule has 0 atom stereocenters. The molecule has 0 unspecified atom stereocenters. The second kappa shape index (κ2) is 10.1. The Kier molecular flexibility index (Phi) is 9.76. The third kappa shape index (κ3) is 13.5. The van der Waals surface area contributed by atoms with Crippen molar-refractivity contribution in [3.8, 4) is 0 Å². The number of nitrogens with two attached hydrogens (primary N) is 1. The van der Waals surface area contributed by atoms with Crippen LogP contribution >= 0.6 is 0 Å². The number of hydrogen-bond acceptors (Lipinski definition) is 7. The summed E-state index contributed by atoms with van der Waals surface area (Å²) in [5, 5.41) is 2.52. The van der Waals surface area contributed by atoms with Crippen molar-refractivity contribution in [1.29, 1.82) is 0 Å². The maximum absolute atomic E-state index is 11.3. The lowest BCUT2D eigenvalue weighted by atomic mass is 10.2. The molecule has 0 aliphatic heterocycles. The molecule has 24 heavy (non-hydrogen) atoms. The summed E-state index contributed by atoms with van der Waals surface area (Å²) in [4.78, 5) is 32.9. The van der Waals surface area contributed by atoms with Crippen molar-refractivity contribution >= 4 is 6.09 Å².